The normalized spacial score (nSPS) is 13.6. The molecule has 0 fully saturated rings. The molecule has 1 N–H and O–H groups in total. The number of rotatable bonds is 3. The van der Waals surface area contributed by atoms with E-state index in [1.54, 1.807) is 12.1 Å². The number of hydrogen-bond donors (Lipinski definition) is 1. The van der Waals surface area contributed by atoms with Crippen LogP contribution in [0.1, 0.15) is 27.4 Å². The van der Waals surface area contributed by atoms with Crippen LogP contribution in [-0.2, 0) is 13.0 Å². The van der Waals surface area contributed by atoms with Crippen LogP contribution in [0.2, 0.25) is 0 Å². The Hall–Kier alpha value is -2.23. The zero-order valence-corrected chi connectivity index (χ0v) is 10.7. The van der Waals surface area contributed by atoms with Crippen molar-refractivity contribution in [3.63, 3.8) is 0 Å². The summed E-state index contributed by atoms with van der Waals surface area (Å²) in [5, 5.41) is 9.06. The molecule has 0 amide bonds. The lowest BCUT2D eigenvalue weighted by atomic mass is 10.1. The molecule has 19 heavy (non-hydrogen) atoms. The Labute approximate surface area is 111 Å². The molecule has 1 aromatic heterocycles. The van der Waals surface area contributed by atoms with Crippen LogP contribution in [0.25, 0.3) is 0 Å². The van der Waals surface area contributed by atoms with Gasteiger partial charge in [-0.25, -0.2) is 4.79 Å². The van der Waals surface area contributed by atoms with Crippen LogP contribution >= 0.6 is 0 Å². The summed E-state index contributed by atoms with van der Waals surface area (Å²) in [6, 6.07) is 9.24. The highest BCUT2D eigenvalue weighted by molar-refractivity contribution is 5.89. The number of nitrogens with zero attached hydrogens (tertiary/aromatic N) is 1. The second-order valence-corrected chi connectivity index (χ2v) is 4.83. The largest absolute Gasteiger partial charge is 0.478 e. The maximum Gasteiger partial charge on any atom is 0.335 e. The Kier molecular flexibility index (Phi) is 2.78. The fraction of sp³-hybridized carbons (Fsp3) is 0.267. The molecule has 0 bridgehead atoms. The third-order valence-electron chi connectivity index (χ3n) is 3.47. The van der Waals surface area contributed by atoms with Gasteiger partial charge in [-0.3, -0.25) is 0 Å². The third-order valence-corrected chi connectivity index (χ3v) is 3.47. The fourth-order valence-corrected chi connectivity index (χ4v) is 2.50. The van der Waals surface area contributed by atoms with Crippen LogP contribution < -0.4 is 4.90 Å². The predicted molar refractivity (Wildman–Crippen MR) is 71.6 cm³/mol. The van der Waals surface area contributed by atoms with Crippen molar-refractivity contribution in [2.24, 2.45) is 0 Å². The maximum atomic E-state index is 11.0. The lowest BCUT2D eigenvalue weighted by molar-refractivity contribution is 0.0697. The third kappa shape index (κ3) is 2.21. The summed E-state index contributed by atoms with van der Waals surface area (Å²) in [4.78, 5) is 13.2. The predicted octanol–water partition coefficient (Wildman–Crippen LogP) is 2.85. The van der Waals surface area contributed by atoms with Gasteiger partial charge in [-0.05, 0) is 43.2 Å². The van der Waals surface area contributed by atoms with Crippen LogP contribution in [-0.4, -0.2) is 17.6 Å². The van der Waals surface area contributed by atoms with Gasteiger partial charge in [0.15, 0.2) is 0 Å². The van der Waals surface area contributed by atoms with Crippen LogP contribution in [0, 0.1) is 6.92 Å². The van der Waals surface area contributed by atoms with Gasteiger partial charge < -0.3 is 14.4 Å². The molecular formula is C15H15NO3. The van der Waals surface area contributed by atoms with Crippen LogP contribution in [0.4, 0.5) is 5.69 Å². The Morgan fingerprint density at radius 2 is 2.21 bits per heavy atom. The minimum Gasteiger partial charge on any atom is -0.478 e. The van der Waals surface area contributed by atoms with Crippen molar-refractivity contribution in [3.05, 3.63) is 53.0 Å². The maximum absolute atomic E-state index is 11.0. The van der Waals surface area contributed by atoms with Gasteiger partial charge in [-0.2, -0.15) is 0 Å². The number of carboxylic acids is 1. The molecule has 1 aliphatic heterocycles. The van der Waals surface area contributed by atoms with E-state index >= 15 is 0 Å². The van der Waals surface area contributed by atoms with E-state index in [2.05, 4.69) is 4.90 Å². The lowest BCUT2D eigenvalue weighted by Crippen LogP contribution is -2.19. The Morgan fingerprint density at radius 1 is 1.37 bits per heavy atom. The molecular weight excluding hydrogens is 242 g/mol. The lowest BCUT2D eigenvalue weighted by Gasteiger charge is -2.18. The first-order valence-electron chi connectivity index (χ1n) is 6.30. The van der Waals surface area contributed by atoms with E-state index in [1.807, 2.05) is 25.1 Å². The molecule has 1 aliphatic rings. The van der Waals surface area contributed by atoms with Gasteiger partial charge in [0.25, 0.3) is 0 Å². The van der Waals surface area contributed by atoms with E-state index in [4.69, 9.17) is 9.52 Å². The molecule has 0 saturated carbocycles. The average molecular weight is 257 g/mol. The van der Waals surface area contributed by atoms with Gasteiger partial charge >= 0.3 is 5.97 Å². The van der Waals surface area contributed by atoms with Gasteiger partial charge in [0, 0.05) is 12.2 Å². The van der Waals surface area contributed by atoms with E-state index in [1.165, 1.54) is 5.56 Å². The molecule has 0 aliphatic carbocycles. The summed E-state index contributed by atoms with van der Waals surface area (Å²) in [7, 11) is 0. The molecule has 4 heteroatoms. The van der Waals surface area contributed by atoms with Crippen LogP contribution in [0.5, 0.6) is 0 Å². The molecule has 3 rings (SSSR count). The second kappa shape index (κ2) is 4.46. The molecule has 0 spiro atoms. The number of anilines is 1. The molecule has 0 saturated heterocycles. The van der Waals surface area contributed by atoms with Crippen molar-refractivity contribution in [1.82, 2.24) is 0 Å². The number of aromatic carboxylic acids is 1. The number of aryl methyl sites for hydroxylation is 1. The van der Waals surface area contributed by atoms with E-state index < -0.39 is 5.97 Å². The molecule has 98 valence electrons. The van der Waals surface area contributed by atoms with Crippen molar-refractivity contribution >= 4 is 11.7 Å². The highest BCUT2D eigenvalue weighted by atomic mass is 16.4. The van der Waals surface area contributed by atoms with E-state index in [9.17, 15) is 4.79 Å². The van der Waals surface area contributed by atoms with Gasteiger partial charge in [0.1, 0.15) is 11.5 Å². The standard InChI is InChI=1S/C15H15NO3/c1-10-2-5-13(19-10)9-16-7-6-11-3-4-12(15(17)18)8-14(11)16/h2-5,8H,6-7,9H2,1H3,(H,17,18). The SMILES string of the molecule is Cc1ccc(CN2CCc3ccc(C(=O)O)cc32)o1. The highest BCUT2D eigenvalue weighted by Crippen LogP contribution is 2.30. The number of carboxylic acid groups (broad SMARTS) is 1. The summed E-state index contributed by atoms with van der Waals surface area (Å²) in [6.07, 6.45) is 0.953. The molecule has 1 aromatic carbocycles. The minimum atomic E-state index is -0.886. The topological polar surface area (TPSA) is 53.7 Å². The second-order valence-electron chi connectivity index (χ2n) is 4.83. The number of benzene rings is 1. The Morgan fingerprint density at radius 3 is 2.89 bits per heavy atom. The number of furan rings is 1. The minimum absolute atomic E-state index is 0.335. The molecule has 0 radical (unpaired) electrons. The van der Waals surface area contributed by atoms with Gasteiger partial charge in [-0.15, -0.1) is 0 Å². The van der Waals surface area contributed by atoms with Crippen molar-refractivity contribution in [1.29, 1.82) is 0 Å². The van der Waals surface area contributed by atoms with Crippen molar-refractivity contribution < 1.29 is 14.3 Å². The quantitative estimate of drug-likeness (QED) is 0.918. The van der Waals surface area contributed by atoms with E-state index in [0.717, 1.165) is 30.2 Å². The zero-order chi connectivity index (χ0) is 13.4. The van der Waals surface area contributed by atoms with Crippen molar-refractivity contribution in [2.75, 3.05) is 11.4 Å². The van der Waals surface area contributed by atoms with Crippen molar-refractivity contribution in [2.45, 2.75) is 19.9 Å². The first-order valence-corrected chi connectivity index (χ1v) is 6.30. The molecule has 0 unspecified atom stereocenters. The summed E-state index contributed by atoms with van der Waals surface area (Å²) in [5.41, 5.74) is 2.54. The van der Waals surface area contributed by atoms with E-state index in [0.29, 0.717) is 12.1 Å². The van der Waals surface area contributed by atoms with Gasteiger partial charge in [0.05, 0.1) is 12.1 Å². The molecule has 0 atom stereocenters. The van der Waals surface area contributed by atoms with Crippen molar-refractivity contribution in [3.8, 4) is 0 Å². The summed E-state index contributed by atoms with van der Waals surface area (Å²) >= 11 is 0. The summed E-state index contributed by atoms with van der Waals surface area (Å²) < 4.78 is 5.58. The molecule has 2 aromatic rings. The molecule has 4 nitrogen and oxygen atoms in total. The summed E-state index contributed by atoms with van der Waals surface area (Å²) in [6.45, 7) is 3.51. The first-order chi connectivity index (χ1) is 9.13. The average Bonchev–Trinajstić information content (AvgIpc) is 2.96. The monoisotopic (exact) mass is 257 g/mol. The molecule has 2 heterocycles. The number of hydrogen-bond acceptors (Lipinski definition) is 3. The zero-order valence-electron chi connectivity index (χ0n) is 10.7. The number of carbonyl (C=O) groups is 1. The van der Waals surface area contributed by atoms with Crippen LogP contribution in [0.3, 0.4) is 0 Å². The Balaban J connectivity index is 1.88. The number of fused-ring (bicyclic) bond motifs is 1. The fourth-order valence-electron chi connectivity index (χ4n) is 2.50. The first kappa shape index (κ1) is 11.8. The summed E-state index contributed by atoms with van der Waals surface area (Å²) in [5.74, 6) is 0.920. The highest BCUT2D eigenvalue weighted by Gasteiger charge is 2.21. The van der Waals surface area contributed by atoms with Crippen LogP contribution in [0.15, 0.2) is 34.7 Å². The van der Waals surface area contributed by atoms with Gasteiger partial charge in [0.2, 0.25) is 0 Å². The smallest absolute Gasteiger partial charge is 0.335 e. The van der Waals surface area contributed by atoms with Gasteiger partial charge in [-0.1, -0.05) is 6.07 Å². The van der Waals surface area contributed by atoms with E-state index in [-0.39, 0.29) is 0 Å². The Bertz CT molecular complexity index is 630.